The van der Waals surface area contributed by atoms with Crippen LogP contribution in [0.15, 0.2) is 54.6 Å². The third-order valence-corrected chi connectivity index (χ3v) is 3.71. The minimum absolute atomic E-state index is 0.0388. The number of nitrogens with two attached hydrogens (primary N) is 1. The molecule has 122 valence electrons. The molecule has 0 radical (unpaired) electrons. The number of hydrogen-bond acceptors (Lipinski definition) is 6. The smallest absolute Gasteiger partial charge is 0.269 e. The van der Waals surface area contributed by atoms with Crippen molar-refractivity contribution in [3.8, 4) is 34.2 Å². The van der Waals surface area contributed by atoms with Crippen LogP contribution in [0, 0.1) is 21.4 Å². The maximum absolute atomic E-state index is 10.8. The molecule has 1 aromatic heterocycles. The summed E-state index contributed by atoms with van der Waals surface area (Å²) in [5.74, 6) is 0.197. The van der Waals surface area contributed by atoms with Gasteiger partial charge < -0.3 is 10.8 Å². The molecular weight excluding hydrogens is 320 g/mol. The number of nitro groups is 1. The molecule has 0 unspecified atom stereocenters. The summed E-state index contributed by atoms with van der Waals surface area (Å²) in [6.45, 7) is 0. The van der Waals surface area contributed by atoms with Gasteiger partial charge in [-0.3, -0.25) is 10.1 Å². The van der Waals surface area contributed by atoms with Crippen LogP contribution in [0.25, 0.3) is 22.4 Å². The lowest BCUT2D eigenvalue weighted by molar-refractivity contribution is -0.384. The van der Waals surface area contributed by atoms with Gasteiger partial charge in [-0.15, -0.1) is 0 Å². The van der Waals surface area contributed by atoms with Crippen LogP contribution in [0.2, 0.25) is 0 Å². The molecule has 7 heteroatoms. The molecular formula is C18H12N4O3. The molecule has 0 bridgehead atoms. The van der Waals surface area contributed by atoms with Crippen LogP contribution in [0.5, 0.6) is 5.75 Å². The predicted octanol–water partition coefficient (Wildman–Crippen LogP) is 3.48. The monoisotopic (exact) mass is 332 g/mol. The zero-order valence-corrected chi connectivity index (χ0v) is 12.9. The van der Waals surface area contributed by atoms with Gasteiger partial charge in [-0.2, -0.15) is 5.26 Å². The first-order valence-electron chi connectivity index (χ1n) is 7.24. The SMILES string of the molecule is N#Cc1c(-c2ccc([N+](=O)[O-])cc2)cc(-c2ccc(O)cc2)nc1N. The second-order valence-electron chi connectivity index (χ2n) is 5.28. The summed E-state index contributed by atoms with van der Waals surface area (Å²) in [5.41, 5.74) is 8.50. The molecule has 1 heterocycles. The summed E-state index contributed by atoms with van der Waals surface area (Å²) in [4.78, 5) is 14.5. The van der Waals surface area contributed by atoms with Gasteiger partial charge in [0.05, 0.1) is 10.6 Å². The van der Waals surface area contributed by atoms with Gasteiger partial charge in [0.1, 0.15) is 23.2 Å². The Bertz CT molecular complexity index is 991. The van der Waals surface area contributed by atoms with E-state index < -0.39 is 4.92 Å². The van der Waals surface area contributed by atoms with Crippen molar-refractivity contribution >= 4 is 11.5 Å². The van der Waals surface area contributed by atoms with Crippen LogP contribution in [-0.2, 0) is 0 Å². The van der Waals surface area contributed by atoms with Crippen molar-refractivity contribution in [2.75, 3.05) is 5.73 Å². The Hall–Kier alpha value is -3.92. The molecule has 3 rings (SSSR count). The van der Waals surface area contributed by atoms with E-state index in [4.69, 9.17) is 5.73 Å². The molecule has 25 heavy (non-hydrogen) atoms. The molecule has 7 nitrogen and oxygen atoms in total. The average Bonchev–Trinajstić information content (AvgIpc) is 2.61. The number of hydrogen-bond donors (Lipinski definition) is 2. The van der Waals surface area contributed by atoms with Gasteiger partial charge in [-0.05, 0) is 48.0 Å². The number of benzene rings is 2. The Kier molecular flexibility index (Phi) is 4.02. The first-order valence-corrected chi connectivity index (χ1v) is 7.24. The Morgan fingerprint density at radius 2 is 1.68 bits per heavy atom. The van der Waals surface area contributed by atoms with Gasteiger partial charge in [0, 0.05) is 23.3 Å². The summed E-state index contributed by atoms with van der Waals surface area (Å²) in [6, 6.07) is 16.0. The number of non-ortho nitro benzene ring substituents is 1. The van der Waals surface area contributed by atoms with Crippen molar-refractivity contribution in [1.29, 1.82) is 5.26 Å². The minimum Gasteiger partial charge on any atom is -0.508 e. The number of phenolic OH excluding ortho intramolecular Hbond substituents is 1. The fourth-order valence-corrected chi connectivity index (χ4v) is 2.45. The molecule has 0 atom stereocenters. The third-order valence-electron chi connectivity index (χ3n) is 3.71. The van der Waals surface area contributed by atoms with E-state index >= 15 is 0 Å². The first kappa shape index (κ1) is 16.0. The van der Waals surface area contributed by atoms with Crippen LogP contribution < -0.4 is 5.73 Å². The lowest BCUT2D eigenvalue weighted by atomic mass is 9.98. The maximum Gasteiger partial charge on any atom is 0.269 e. The van der Waals surface area contributed by atoms with Gasteiger partial charge in [-0.25, -0.2) is 4.98 Å². The summed E-state index contributed by atoms with van der Waals surface area (Å²) in [5, 5.41) is 29.6. The number of rotatable bonds is 3. The zero-order chi connectivity index (χ0) is 18.0. The highest BCUT2D eigenvalue weighted by Gasteiger charge is 2.14. The zero-order valence-electron chi connectivity index (χ0n) is 12.9. The van der Waals surface area contributed by atoms with E-state index in [2.05, 4.69) is 4.98 Å². The van der Waals surface area contributed by atoms with Gasteiger partial charge in [-0.1, -0.05) is 0 Å². The summed E-state index contributed by atoms with van der Waals surface area (Å²) >= 11 is 0. The number of nitriles is 1. The normalized spacial score (nSPS) is 10.2. The molecule has 0 aliphatic heterocycles. The second-order valence-corrected chi connectivity index (χ2v) is 5.28. The minimum atomic E-state index is -0.488. The summed E-state index contributed by atoms with van der Waals surface area (Å²) in [7, 11) is 0. The van der Waals surface area contributed by atoms with Crippen molar-refractivity contribution in [2.24, 2.45) is 0 Å². The highest BCUT2D eigenvalue weighted by Crippen LogP contribution is 2.32. The summed E-state index contributed by atoms with van der Waals surface area (Å²) in [6.07, 6.45) is 0. The topological polar surface area (TPSA) is 126 Å². The van der Waals surface area contributed by atoms with Crippen LogP contribution in [0.3, 0.4) is 0 Å². The molecule has 3 N–H and O–H groups in total. The van der Waals surface area contributed by atoms with Gasteiger partial charge in [0.15, 0.2) is 0 Å². The number of aromatic nitrogens is 1. The maximum atomic E-state index is 10.8. The van der Waals surface area contributed by atoms with Crippen LogP contribution >= 0.6 is 0 Å². The number of phenols is 1. The van der Waals surface area contributed by atoms with Crippen molar-refractivity contribution in [3.05, 3.63) is 70.3 Å². The summed E-state index contributed by atoms with van der Waals surface area (Å²) < 4.78 is 0. The van der Waals surface area contributed by atoms with Crippen LogP contribution in [-0.4, -0.2) is 15.0 Å². The average molecular weight is 332 g/mol. The second kappa shape index (κ2) is 6.29. The highest BCUT2D eigenvalue weighted by atomic mass is 16.6. The van der Waals surface area contributed by atoms with Gasteiger partial charge in [0.2, 0.25) is 0 Å². The van der Waals surface area contributed by atoms with E-state index in [1.165, 1.54) is 24.3 Å². The highest BCUT2D eigenvalue weighted by molar-refractivity contribution is 5.80. The van der Waals surface area contributed by atoms with Crippen LogP contribution in [0.1, 0.15) is 5.56 Å². The molecule has 0 spiro atoms. The number of anilines is 1. The molecule has 0 fully saturated rings. The third kappa shape index (κ3) is 3.09. The van der Waals surface area contributed by atoms with Gasteiger partial charge >= 0.3 is 0 Å². The Labute approximate surface area is 142 Å². The largest absolute Gasteiger partial charge is 0.508 e. The fraction of sp³-hybridized carbons (Fsp3) is 0. The Morgan fingerprint density at radius 1 is 1.08 bits per heavy atom. The van der Waals surface area contributed by atoms with E-state index in [0.717, 1.165) is 5.56 Å². The molecule has 3 aromatic rings. The lowest BCUT2D eigenvalue weighted by Gasteiger charge is -2.10. The van der Waals surface area contributed by atoms with E-state index in [9.17, 15) is 20.5 Å². The number of nitro benzene ring substituents is 1. The number of nitrogen functional groups attached to an aromatic ring is 1. The van der Waals surface area contributed by atoms with Crippen molar-refractivity contribution in [1.82, 2.24) is 4.98 Å². The number of nitrogens with zero attached hydrogens (tertiary/aromatic N) is 3. The fourth-order valence-electron chi connectivity index (χ4n) is 2.45. The van der Waals surface area contributed by atoms with Gasteiger partial charge in [0.25, 0.3) is 5.69 Å². The predicted molar refractivity (Wildman–Crippen MR) is 92.6 cm³/mol. The molecule has 0 amide bonds. The van der Waals surface area contributed by atoms with E-state index in [1.807, 2.05) is 6.07 Å². The first-order chi connectivity index (χ1) is 12.0. The quantitative estimate of drug-likeness (QED) is 0.558. The van der Waals surface area contributed by atoms with Crippen molar-refractivity contribution in [3.63, 3.8) is 0 Å². The Morgan fingerprint density at radius 3 is 2.24 bits per heavy atom. The van der Waals surface area contributed by atoms with E-state index in [-0.39, 0.29) is 22.8 Å². The van der Waals surface area contributed by atoms with Crippen molar-refractivity contribution in [2.45, 2.75) is 0 Å². The van der Waals surface area contributed by atoms with Crippen molar-refractivity contribution < 1.29 is 10.0 Å². The Balaban J connectivity index is 2.16. The van der Waals surface area contributed by atoms with Crippen LogP contribution in [0.4, 0.5) is 11.5 Å². The standard InChI is InChI=1S/C18H12N4O3/c19-10-16-15(11-1-5-13(6-2-11)22(24)25)9-17(21-18(16)20)12-3-7-14(23)8-4-12/h1-9,23H,(H2,20,21). The molecule has 0 aliphatic rings. The molecule has 0 saturated heterocycles. The number of pyridine rings is 1. The molecule has 0 aliphatic carbocycles. The van der Waals surface area contributed by atoms with E-state index in [1.54, 1.807) is 30.3 Å². The molecule has 0 saturated carbocycles. The molecule has 2 aromatic carbocycles. The lowest BCUT2D eigenvalue weighted by Crippen LogP contribution is -2.00. The van der Waals surface area contributed by atoms with E-state index in [0.29, 0.717) is 16.8 Å². The number of aromatic hydroxyl groups is 1.